The van der Waals surface area contributed by atoms with E-state index < -0.39 is 11.7 Å². The van der Waals surface area contributed by atoms with Gasteiger partial charge in [-0.05, 0) is 6.92 Å². The van der Waals surface area contributed by atoms with Crippen LogP contribution in [0.5, 0.6) is 0 Å². The summed E-state index contributed by atoms with van der Waals surface area (Å²) in [5, 5.41) is 8.93. The second-order valence-electron chi connectivity index (χ2n) is 1.27. The first-order valence-corrected chi connectivity index (χ1v) is 2.30. The quantitative estimate of drug-likeness (QED) is 0.304. The van der Waals surface area contributed by atoms with Crippen molar-refractivity contribution in [1.82, 2.24) is 5.32 Å². The summed E-state index contributed by atoms with van der Waals surface area (Å²) in [7, 11) is 0. The number of hydrogen-bond acceptors (Lipinski definition) is 2. The van der Waals surface area contributed by atoms with Gasteiger partial charge in [-0.2, -0.15) is 0 Å². The van der Waals surface area contributed by atoms with E-state index in [9.17, 15) is 4.79 Å². The van der Waals surface area contributed by atoms with Crippen LogP contribution in [0.4, 0.5) is 0 Å². The first-order chi connectivity index (χ1) is 3.68. The lowest BCUT2D eigenvalue weighted by molar-refractivity contribution is -0.114. The number of likely N-dealkylation sites (N-methyl/N-ethyl adjacent to an activating group) is 1. The molecule has 0 saturated heterocycles. The van der Waals surface area contributed by atoms with Crippen LogP contribution in [-0.2, 0) is 4.79 Å². The number of nitrogens with two attached hydrogens (primary N) is 1. The monoisotopic (exact) mass is 115 g/mol. The van der Waals surface area contributed by atoms with Crippen molar-refractivity contribution in [2.24, 2.45) is 5.73 Å². The molecule has 0 saturated carbocycles. The summed E-state index contributed by atoms with van der Waals surface area (Å²) < 4.78 is 0. The standard InChI is InChI=1S/C4H9N3O/c1-2-7-4(8)3(5)6/h2H2,1H3,(H3,5,6)(H,7,8). The molecule has 0 atom stereocenters. The first kappa shape index (κ1) is 6.94. The van der Waals surface area contributed by atoms with Gasteiger partial charge in [-0.1, -0.05) is 0 Å². The first-order valence-electron chi connectivity index (χ1n) is 2.30. The van der Waals surface area contributed by atoms with E-state index in [1.54, 1.807) is 6.92 Å². The average molecular weight is 115 g/mol. The second kappa shape index (κ2) is 3.01. The van der Waals surface area contributed by atoms with E-state index in [2.05, 4.69) is 5.32 Å². The highest BCUT2D eigenvalue weighted by atomic mass is 16.2. The van der Waals surface area contributed by atoms with Crippen molar-refractivity contribution < 1.29 is 4.79 Å². The Hall–Kier alpha value is -1.06. The Kier molecular flexibility index (Phi) is 2.61. The van der Waals surface area contributed by atoms with Crippen LogP contribution >= 0.6 is 0 Å². The van der Waals surface area contributed by atoms with Crippen LogP contribution in [0.1, 0.15) is 6.92 Å². The summed E-state index contributed by atoms with van der Waals surface area (Å²) in [5.41, 5.74) is 4.79. The highest BCUT2D eigenvalue weighted by Crippen LogP contribution is 1.60. The fourth-order valence-electron chi connectivity index (χ4n) is 0.256. The molecule has 4 N–H and O–H groups in total. The van der Waals surface area contributed by atoms with Crippen LogP contribution in [0.25, 0.3) is 0 Å². The highest BCUT2D eigenvalue weighted by Gasteiger charge is 1.98. The molecule has 46 valence electrons. The second-order valence-corrected chi connectivity index (χ2v) is 1.27. The maximum Gasteiger partial charge on any atom is 0.285 e. The Morgan fingerprint density at radius 1 is 1.88 bits per heavy atom. The number of amidine groups is 1. The minimum absolute atomic E-state index is 0.438. The smallest absolute Gasteiger partial charge is 0.285 e. The van der Waals surface area contributed by atoms with Crippen molar-refractivity contribution in [3.63, 3.8) is 0 Å². The van der Waals surface area contributed by atoms with E-state index in [1.807, 2.05) is 0 Å². The highest BCUT2D eigenvalue weighted by molar-refractivity contribution is 6.35. The molecule has 0 rings (SSSR count). The van der Waals surface area contributed by atoms with Crippen molar-refractivity contribution in [3.8, 4) is 0 Å². The third kappa shape index (κ3) is 2.17. The molecule has 1 amide bonds. The predicted molar refractivity (Wildman–Crippen MR) is 30.6 cm³/mol. The van der Waals surface area contributed by atoms with Gasteiger partial charge in [-0.25, -0.2) is 0 Å². The van der Waals surface area contributed by atoms with Crippen LogP contribution in [-0.4, -0.2) is 18.3 Å². The molecule has 0 aromatic heterocycles. The van der Waals surface area contributed by atoms with Crippen LogP contribution < -0.4 is 11.1 Å². The molecule has 0 fully saturated rings. The molecule has 0 aliphatic heterocycles. The molecule has 0 aliphatic carbocycles. The lowest BCUT2D eigenvalue weighted by Crippen LogP contribution is -2.35. The minimum atomic E-state index is -0.507. The van der Waals surface area contributed by atoms with Crippen molar-refractivity contribution in [3.05, 3.63) is 0 Å². The van der Waals surface area contributed by atoms with Gasteiger partial charge in [0.15, 0.2) is 5.84 Å². The molecular formula is C4H9N3O. The lowest BCUT2D eigenvalue weighted by Gasteiger charge is -1.95. The van der Waals surface area contributed by atoms with E-state index in [4.69, 9.17) is 11.1 Å². The number of hydrogen-bond donors (Lipinski definition) is 3. The summed E-state index contributed by atoms with van der Waals surface area (Å²) in [6.07, 6.45) is 0. The summed E-state index contributed by atoms with van der Waals surface area (Å²) in [6.45, 7) is 2.28. The number of carbonyl (C=O) groups is 1. The van der Waals surface area contributed by atoms with E-state index in [1.165, 1.54) is 0 Å². The maximum atomic E-state index is 10.3. The van der Waals surface area contributed by atoms with Gasteiger partial charge >= 0.3 is 0 Å². The summed E-state index contributed by atoms with van der Waals surface area (Å²) in [4.78, 5) is 10.3. The van der Waals surface area contributed by atoms with Crippen molar-refractivity contribution in [1.29, 1.82) is 5.41 Å². The lowest BCUT2D eigenvalue weighted by atomic mass is 10.5. The SMILES string of the molecule is CCNC(=O)C(=N)N. The molecule has 0 aliphatic rings. The van der Waals surface area contributed by atoms with Crippen LogP contribution in [0, 0.1) is 5.41 Å². The molecular weight excluding hydrogens is 106 g/mol. The largest absolute Gasteiger partial charge is 0.380 e. The topological polar surface area (TPSA) is 79.0 Å². The number of rotatable bonds is 1. The Morgan fingerprint density at radius 2 is 2.38 bits per heavy atom. The van der Waals surface area contributed by atoms with Gasteiger partial charge in [-0.15, -0.1) is 0 Å². The molecule has 4 heteroatoms. The maximum absolute atomic E-state index is 10.3. The number of nitrogens with one attached hydrogen (secondary N) is 2. The van der Waals surface area contributed by atoms with Crippen molar-refractivity contribution >= 4 is 11.7 Å². The summed E-state index contributed by atoms with van der Waals surface area (Å²) in [5.74, 6) is -0.945. The van der Waals surface area contributed by atoms with Crippen molar-refractivity contribution in [2.45, 2.75) is 6.92 Å². The Labute approximate surface area is 47.6 Å². The van der Waals surface area contributed by atoms with Crippen LogP contribution in [0.15, 0.2) is 0 Å². The van der Waals surface area contributed by atoms with E-state index >= 15 is 0 Å². The van der Waals surface area contributed by atoms with Crippen molar-refractivity contribution in [2.75, 3.05) is 6.54 Å². The van der Waals surface area contributed by atoms with Crippen LogP contribution in [0.2, 0.25) is 0 Å². The molecule has 0 aromatic carbocycles. The van der Waals surface area contributed by atoms with E-state index in [-0.39, 0.29) is 0 Å². The number of amides is 1. The van der Waals surface area contributed by atoms with Crippen LogP contribution in [0.3, 0.4) is 0 Å². The molecule has 0 unspecified atom stereocenters. The van der Waals surface area contributed by atoms with Gasteiger partial charge in [0.25, 0.3) is 5.91 Å². The fraction of sp³-hybridized carbons (Fsp3) is 0.500. The van der Waals surface area contributed by atoms with Gasteiger partial charge in [0.05, 0.1) is 0 Å². The van der Waals surface area contributed by atoms with Gasteiger partial charge in [0.1, 0.15) is 0 Å². The predicted octanol–water partition coefficient (Wildman–Crippen LogP) is -0.942. The third-order valence-corrected chi connectivity index (χ3v) is 0.582. The van der Waals surface area contributed by atoms with Gasteiger partial charge in [-0.3, -0.25) is 10.2 Å². The molecule has 0 heterocycles. The molecule has 0 radical (unpaired) electrons. The summed E-state index contributed by atoms with van der Waals surface area (Å²) in [6, 6.07) is 0. The Bertz CT molecular complexity index is 110. The Balaban J connectivity index is 3.49. The molecule has 8 heavy (non-hydrogen) atoms. The Morgan fingerprint density at radius 3 is 2.50 bits per heavy atom. The number of carbonyl (C=O) groups excluding carboxylic acids is 1. The molecule has 4 nitrogen and oxygen atoms in total. The third-order valence-electron chi connectivity index (χ3n) is 0.582. The minimum Gasteiger partial charge on any atom is -0.380 e. The van der Waals surface area contributed by atoms with Gasteiger partial charge < -0.3 is 11.1 Å². The zero-order valence-electron chi connectivity index (χ0n) is 4.69. The van der Waals surface area contributed by atoms with E-state index in [0.717, 1.165) is 0 Å². The van der Waals surface area contributed by atoms with E-state index in [0.29, 0.717) is 6.54 Å². The molecule has 0 bridgehead atoms. The van der Waals surface area contributed by atoms with Gasteiger partial charge in [0, 0.05) is 6.54 Å². The molecule has 0 aromatic rings. The zero-order chi connectivity index (χ0) is 6.57. The average Bonchev–Trinajstić information content (AvgIpc) is 1.67. The fourth-order valence-corrected chi connectivity index (χ4v) is 0.256. The normalized spacial score (nSPS) is 8.12. The van der Waals surface area contributed by atoms with Gasteiger partial charge in [0.2, 0.25) is 0 Å². The zero-order valence-corrected chi connectivity index (χ0v) is 4.69. The molecule has 0 spiro atoms. The summed E-state index contributed by atoms with van der Waals surface area (Å²) >= 11 is 0.